The molecule has 0 heterocycles. The van der Waals surface area contributed by atoms with Gasteiger partial charge in [0.2, 0.25) is 0 Å². The summed E-state index contributed by atoms with van der Waals surface area (Å²) >= 11 is 0. The summed E-state index contributed by atoms with van der Waals surface area (Å²) in [6.07, 6.45) is 1.04. The molecule has 0 amide bonds. The molecule has 3 unspecified atom stereocenters. The van der Waals surface area contributed by atoms with Crippen molar-refractivity contribution in [2.75, 3.05) is 0 Å². The Hall–Kier alpha value is -2.94. The number of aromatic hydroxyl groups is 3. The second kappa shape index (κ2) is 11.4. The van der Waals surface area contributed by atoms with Crippen LogP contribution in [0.3, 0.4) is 0 Å². The molecular weight excluding hydrogens is 504 g/mol. The Kier molecular flexibility index (Phi) is 9.04. The summed E-state index contributed by atoms with van der Waals surface area (Å²) in [6.45, 7) is 27.8. The molecule has 0 spiro atoms. The summed E-state index contributed by atoms with van der Waals surface area (Å²) in [5.74, 6) is 1.20. The average Bonchev–Trinajstić information content (AvgIpc) is 2.85. The number of benzene rings is 3. The van der Waals surface area contributed by atoms with Gasteiger partial charge in [-0.05, 0) is 68.0 Å². The standard InChI is InChI=1S/C38H54O3/c1-14-22(2)25-15-16-33(39)28(17-25)23(3)26-18-29(34(40)30(19-26)36(5,6)7)24(4)27-20-31(37(8,9)10)35(41)32(21-27)38(11,12)13/h15-24,39-41H,14H2,1-13H3. The fourth-order valence-electron chi connectivity index (χ4n) is 5.70. The largest absolute Gasteiger partial charge is 0.508 e. The molecular formula is C38H54O3. The first-order valence-electron chi connectivity index (χ1n) is 15.3. The number of rotatable bonds is 6. The summed E-state index contributed by atoms with van der Waals surface area (Å²) < 4.78 is 0. The zero-order valence-corrected chi connectivity index (χ0v) is 27.8. The maximum atomic E-state index is 11.8. The van der Waals surface area contributed by atoms with Gasteiger partial charge in [0.25, 0.3) is 0 Å². The first kappa shape index (κ1) is 32.6. The van der Waals surface area contributed by atoms with Gasteiger partial charge in [-0.25, -0.2) is 0 Å². The molecule has 3 rings (SSSR count). The monoisotopic (exact) mass is 558 g/mol. The second-order valence-electron chi connectivity index (χ2n) is 15.3. The molecule has 3 aromatic rings. The van der Waals surface area contributed by atoms with Crippen LogP contribution < -0.4 is 0 Å². The molecule has 0 fully saturated rings. The van der Waals surface area contributed by atoms with Crippen molar-refractivity contribution in [1.82, 2.24) is 0 Å². The van der Waals surface area contributed by atoms with Gasteiger partial charge in [0.1, 0.15) is 17.2 Å². The molecule has 0 aliphatic heterocycles. The van der Waals surface area contributed by atoms with E-state index in [1.165, 1.54) is 5.56 Å². The highest BCUT2D eigenvalue weighted by Crippen LogP contribution is 2.46. The van der Waals surface area contributed by atoms with E-state index in [0.29, 0.717) is 23.2 Å². The van der Waals surface area contributed by atoms with Crippen LogP contribution in [0.25, 0.3) is 0 Å². The highest BCUT2D eigenvalue weighted by Gasteiger charge is 2.30. The van der Waals surface area contributed by atoms with Crippen LogP contribution in [-0.4, -0.2) is 15.3 Å². The van der Waals surface area contributed by atoms with E-state index in [9.17, 15) is 15.3 Å². The topological polar surface area (TPSA) is 60.7 Å². The first-order valence-corrected chi connectivity index (χ1v) is 15.3. The van der Waals surface area contributed by atoms with Gasteiger partial charge in [-0.3, -0.25) is 0 Å². The van der Waals surface area contributed by atoms with Crippen LogP contribution in [0.5, 0.6) is 17.2 Å². The van der Waals surface area contributed by atoms with Crippen LogP contribution in [0.2, 0.25) is 0 Å². The molecule has 224 valence electrons. The minimum absolute atomic E-state index is 0.0678. The molecule has 0 saturated heterocycles. The third-order valence-corrected chi connectivity index (χ3v) is 8.88. The highest BCUT2D eigenvalue weighted by atomic mass is 16.3. The summed E-state index contributed by atoms with van der Waals surface area (Å²) in [6, 6.07) is 14.5. The Bertz CT molecular complexity index is 1360. The lowest BCUT2D eigenvalue weighted by Crippen LogP contribution is -2.19. The van der Waals surface area contributed by atoms with Crippen molar-refractivity contribution in [2.24, 2.45) is 0 Å². The van der Waals surface area contributed by atoms with Gasteiger partial charge in [-0.15, -0.1) is 0 Å². The normalized spacial score (nSPS) is 15.0. The minimum Gasteiger partial charge on any atom is -0.508 e. The van der Waals surface area contributed by atoms with Gasteiger partial charge >= 0.3 is 0 Å². The molecule has 3 nitrogen and oxygen atoms in total. The SMILES string of the molecule is CCC(C)c1ccc(O)c(C(C)c2cc(C(C)c3cc(C(C)(C)C)c(O)c(C(C)(C)C)c3)c(O)c(C(C)(C)C)c2)c1. The second-order valence-corrected chi connectivity index (χ2v) is 15.3. The van der Waals surface area contributed by atoms with Crippen LogP contribution in [0, 0.1) is 0 Å². The molecule has 41 heavy (non-hydrogen) atoms. The maximum absolute atomic E-state index is 11.8. The third-order valence-electron chi connectivity index (χ3n) is 8.88. The summed E-state index contributed by atoms with van der Waals surface area (Å²) in [4.78, 5) is 0. The number of phenolic OH excluding ortho intramolecular Hbond substituents is 3. The number of hydrogen-bond donors (Lipinski definition) is 3. The Morgan fingerprint density at radius 3 is 1.37 bits per heavy atom. The zero-order valence-electron chi connectivity index (χ0n) is 27.8. The van der Waals surface area contributed by atoms with Crippen molar-refractivity contribution in [2.45, 2.75) is 130 Å². The lowest BCUT2D eigenvalue weighted by Gasteiger charge is -2.30. The molecule has 0 bridgehead atoms. The van der Waals surface area contributed by atoms with Crippen molar-refractivity contribution >= 4 is 0 Å². The molecule has 0 saturated carbocycles. The van der Waals surface area contributed by atoms with Crippen LogP contribution in [0.1, 0.15) is 159 Å². The molecule has 0 aliphatic carbocycles. The summed E-state index contributed by atoms with van der Waals surface area (Å²) in [5.41, 5.74) is 7.09. The lowest BCUT2D eigenvalue weighted by atomic mass is 9.75. The highest BCUT2D eigenvalue weighted by molar-refractivity contribution is 5.57. The number of phenols is 3. The molecule has 3 heteroatoms. The van der Waals surface area contributed by atoms with E-state index < -0.39 is 0 Å². The molecule has 3 aromatic carbocycles. The van der Waals surface area contributed by atoms with Crippen LogP contribution >= 0.6 is 0 Å². The molecule has 0 aliphatic rings. The van der Waals surface area contributed by atoms with E-state index in [1.54, 1.807) is 0 Å². The van der Waals surface area contributed by atoms with E-state index in [-0.39, 0.29) is 28.1 Å². The Balaban J connectivity index is 2.29. The Morgan fingerprint density at radius 1 is 0.537 bits per heavy atom. The van der Waals surface area contributed by atoms with E-state index in [2.05, 4.69) is 120 Å². The lowest BCUT2D eigenvalue weighted by molar-refractivity contribution is 0.422. The van der Waals surface area contributed by atoms with Crippen molar-refractivity contribution in [3.63, 3.8) is 0 Å². The fourth-order valence-corrected chi connectivity index (χ4v) is 5.70. The fraction of sp³-hybridized carbons (Fsp3) is 0.526. The van der Waals surface area contributed by atoms with Gasteiger partial charge in [0, 0.05) is 23.0 Å². The van der Waals surface area contributed by atoms with E-state index in [1.807, 2.05) is 12.1 Å². The smallest absolute Gasteiger partial charge is 0.123 e. The van der Waals surface area contributed by atoms with Gasteiger partial charge in [-0.2, -0.15) is 0 Å². The van der Waals surface area contributed by atoms with Gasteiger partial charge in [-0.1, -0.05) is 126 Å². The van der Waals surface area contributed by atoms with Crippen LogP contribution in [0.4, 0.5) is 0 Å². The first-order chi connectivity index (χ1) is 18.7. The van der Waals surface area contributed by atoms with Crippen molar-refractivity contribution in [3.05, 3.63) is 87.0 Å². The predicted molar refractivity (Wildman–Crippen MR) is 174 cm³/mol. The molecule has 3 atom stereocenters. The minimum atomic E-state index is -0.281. The van der Waals surface area contributed by atoms with Gasteiger partial charge in [0.15, 0.2) is 0 Å². The quantitative estimate of drug-likeness (QED) is 0.282. The molecule has 3 N–H and O–H groups in total. The summed E-state index contributed by atoms with van der Waals surface area (Å²) in [7, 11) is 0. The van der Waals surface area contributed by atoms with E-state index >= 15 is 0 Å². The van der Waals surface area contributed by atoms with E-state index in [0.717, 1.165) is 45.4 Å². The Morgan fingerprint density at radius 2 is 0.927 bits per heavy atom. The maximum Gasteiger partial charge on any atom is 0.123 e. The van der Waals surface area contributed by atoms with E-state index in [4.69, 9.17) is 0 Å². The predicted octanol–water partition coefficient (Wildman–Crippen LogP) is 10.5. The van der Waals surface area contributed by atoms with Crippen molar-refractivity contribution in [1.29, 1.82) is 0 Å². The van der Waals surface area contributed by atoms with Gasteiger partial charge < -0.3 is 15.3 Å². The zero-order chi connectivity index (χ0) is 31.2. The van der Waals surface area contributed by atoms with Crippen molar-refractivity contribution < 1.29 is 15.3 Å². The molecule has 0 radical (unpaired) electrons. The number of hydrogen-bond acceptors (Lipinski definition) is 3. The van der Waals surface area contributed by atoms with Crippen LogP contribution in [0.15, 0.2) is 42.5 Å². The summed E-state index contributed by atoms with van der Waals surface area (Å²) in [5, 5.41) is 34.0. The molecule has 0 aromatic heterocycles. The van der Waals surface area contributed by atoms with Crippen LogP contribution in [-0.2, 0) is 16.2 Å². The average molecular weight is 559 g/mol. The van der Waals surface area contributed by atoms with Gasteiger partial charge in [0.05, 0.1) is 0 Å². The van der Waals surface area contributed by atoms with Crippen molar-refractivity contribution in [3.8, 4) is 17.2 Å². The third kappa shape index (κ3) is 6.76. The Labute approximate surface area is 249 Å².